The Labute approximate surface area is 148 Å². The minimum atomic E-state index is -0.589. The zero-order valence-electron chi connectivity index (χ0n) is 15.4. The maximum Gasteiger partial charge on any atom is 0.306 e. The molecule has 0 radical (unpaired) electrons. The summed E-state index contributed by atoms with van der Waals surface area (Å²) in [5.41, 5.74) is -0.315. The zero-order valence-corrected chi connectivity index (χ0v) is 15.4. The van der Waals surface area contributed by atoms with Crippen LogP contribution in [-0.4, -0.2) is 37.6 Å². The average molecular weight is 353 g/mol. The third-order valence-corrected chi connectivity index (χ3v) is 3.46. The summed E-state index contributed by atoms with van der Waals surface area (Å²) in [6, 6.07) is 4.48. The maximum absolute atomic E-state index is 13.1. The summed E-state index contributed by atoms with van der Waals surface area (Å²) in [4.78, 5) is 21.7. The van der Waals surface area contributed by atoms with Gasteiger partial charge in [-0.15, -0.1) is 0 Å². The van der Waals surface area contributed by atoms with E-state index in [0.717, 1.165) is 19.5 Å². The lowest BCUT2D eigenvalue weighted by atomic mass is 10.1. The molecule has 25 heavy (non-hydrogen) atoms. The summed E-state index contributed by atoms with van der Waals surface area (Å²) in [6.07, 6.45) is 2.13. The van der Waals surface area contributed by atoms with Crippen LogP contribution in [0.1, 0.15) is 50.9 Å². The SMILES string of the molecule is CC(C)(C)OC(=O)C[C@H]1CCNC1.CCOc1cccc(C=O)c1F. The van der Waals surface area contributed by atoms with Crippen LogP contribution in [0.5, 0.6) is 5.75 Å². The lowest BCUT2D eigenvalue weighted by molar-refractivity contribution is -0.155. The molecule has 1 saturated heterocycles. The van der Waals surface area contributed by atoms with E-state index >= 15 is 0 Å². The van der Waals surface area contributed by atoms with Crippen molar-refractivity contribution in [1.29, 1.82) is 0 Å². The smallest absolute Gasteiger partial charge is 0.306 e. The van der Waals surface area contributed by atoms with Crippen LogP contribution in [0.2, 0.25) is 0 Å². The van der Waals surface area contributed by atoms with Crippen LogP contribution >= 0.6 is 0 Å². The Morgan fingerprint density at radius 2 is 2.12 bits per heavy atom. The third-order valence-electron chi connectivity index (χ3n) is 3.46. The largest absolute Gasteiger partial charge is 0.491 e. The Bertz CT molecular complexity index is 563. The Hall–Kier alpha value is -1.95. The number of rotatable bonds is 5. The van der Waals surface area contributed by atoms with E-state index in [1.54, 1.807) is 13.0 Å². The van der Waals surface area contributed by atoms with Crippen molar-refractivity contribution in [2.45, 2.75) is 46.1 Å². The van der Waals surface area contributed by atoms with E-state index in [-0.39, 0.29) is 22.9 Å². The number of hydrogen-bond donors (Lipinski definition) is 1. The number of esters is 1. The number of hydrogen-bond acceptors (Lipinski definition) is 5. The van der Waals surface area contributed by atoms with Crippen molar-refractivity contribution >= 4 is 12.3 Å². The first kappa shape index (κ1) is 21.1. The van der Waals surface area contributed by atoms with Crippen LogP contribution in [-0.2, 0) is 9.53 Å². The van der Waals surface area contributed by atoms with Crippen LogP contribution in [0, 0.1) is 11.7 Å². The molecule has 1 N–H and O–H groups in total. The molecule has 1 atom stereocenters. The molecule has 0 amide bonds. The van der Waals surface area contributed by atoms with Crippen molar-refractivity contribution < 1.29 is 23.5 Å². The quantitative estimate of drug-likeness (QED) is 0.649. The fourth-order valence-electron chi connectivity index (χ4n) is 2.39. The van der Waals surface area contributed by atoms with E-state index in [0.29, 0.717) is 25.2 Å². The molecular weight excluding hydrogens is 325 g/mol. The molecule has 0 unspecified atom stereocenters. The first-order valence-electron chi connectivity index (χ1n) is 8.56. The number of benzene rings is 1. The van der Waals surface area contributed by atoms with Crippen molar-refractivity contribution in [3.8, 4) is 5.75 Å². The summed E-state index contributed by atoms with van der Waals surface area (Å²) in [5.74, 6) is -0.0486. The van der Waals surface area contributed by atoms with Gasteiger partial charge in [0.05, 0.1) is 12.2 Å². The Morgan fingerprint density at radius 1 is 1.40 bits per heavy atom. The molecule has 140 valence electrons. The Morgan fingerprint density at radius 3 is 2.64 bits per heavy atom. The van der Waals surface area contributed by atoms with Gasteiger partial charge in [0.1, 0.15) is 5.60 Å². The number of halogens is 1. The van der Waals surface area contributed by atoms with E-state index < -0.39 is 5.82 Å². The number of carbonyl (C=O) groups excluding carboxylic acids is 2. The number of carbonyl (C=O) groups is 2. The summed E-state index contributed by atoms with van der Waals surface area (Å²) in [6.45, 7) is 9.84. The third kappa shape index (κ3) is 8.12. The van der Waals surface area contributed by atoms with Gasteiger partial charge in [0.2, 0.25) is 0 Å². The second-order valence-corrected chi connectivity index (χ2v) is 6.86. The molecule has 1 aromatic carbocycles. The Balaban J connectivity index is 0.000000251. The van der Waals surface area contributed by atoms with E-state index in [2.05, 4.69) is 5.32 Å². The Kier molecular flexibility index (Phi) is 8.55. The fourth-order valence-corrected chi connectivity index (χ4v) is 2.39. The topological polar surface area (TPSA) is 64.6 Å². The van der Waals surface area contributed by atoms with Gasteiger partial charge in [0.25, 0.3) is 0 Å². The molecular formula is C19H28FNO4. The molecule has 6 heteroatoms. The molecule has 1 fully saturated rings. The molecule has 0 spiro atoms. The lowest BCUT2D eigenvalue weighted by Gasteiger charge is -2.20. The second kappa shape index (κ2) is 10.1. The lowest BCUT2D eigenvalue weighted by Crippen LogP contribution is -2.25. The van der Waals surface area contributed by atoms with Gasteiger partial charge in [-0.25, -0.2) is 4.39 Å². The molecule has 0 bridgehead atoms. The number of aldehydes is 1. The van der Waals surface area contributed by atoms with Gasteiger partial charge >= 0.3 is 5.97 Å². The molecule has 0 saturated carbocycles. The van der Waals surface area contributed by atoms with Crippen molar-refractivity contribution in [2.75, 3.05) is 19.7 Å². The second-order valence-electron chi connectivity index (χ2n) is 6.86. The molecule has 5 nitrogen and oxygen atoms in total. The zero-order chi connectivity index (χ0) is 18.9. The summed E-state index contributed by atoms with van der Waals surface area (Å²) >= 11 is 0. The molecule has 2 rings (SSSR count). The van der Waals surface area contributed by atoms with Crippen molar-refractivity contribution in [2.24, 2.45) is 5.92 Å². The van der Waals surface area contributed by atoms with E-state index in [1.807, 2.05) is 20.8 Å². The van der Waals surface area contributed by atoms with Gasteiger partial charge in [-0.3, -0.25) is 9.59 Å². The van der Waals surface area contributed by atoms with Gasteiger partial charge in [-0.05, 0) is 65.3 Å². The van der Waals surface area contributed by atoms with Crippen LogP contribution < -0.4 is 10.1 Å². The number of ether oxygens (including phenoxy) is 2. The first-order valence-corrected chi connectivity index (χ1v) is 8.56. The van der Waals surface area contributed by atoms with Gasteiger partial charge in [0.15, 0.2) is 17.9 Å². The maximum atomic E-state index is 13.1. The molecule has 0 aliphatic carbocycles. The van der Waals surface area contributed by atoms with Crippen LogP contribution in [0.4, 0.5) is 4.39 Å². The first-order chi connectivity index (χ1) is 11.8. The summed E-state index contributed by atoms with van der Waals surface area (Å²) in [7, 11) is 0. The minimum Gasteiger partial charge on any atom is -0.491 e. The van der Waals surface area contributed by atoms with E-state index in [9.17, 15) is 14.0 Å². The van der Waals surface area contributed by atoms with Gasteiger partial charge in [-0.1, -0.05) is 6.07 Å². The monoisotopic (exact) mass is 353 g/mol. The normalized spacial score (nSPS) is 16.6. The fraction of sp³-hybridized carbons (Fsp3) is 0.579. The minimum absolute atomic E-state index is 0.0287. The highest BCUT2D eigenvalue weighted by Crippen LogP contribution is 2.19. The van der Waals surface area contributed by atoms with Crippen LogP contribution in [0.15, 0.2) is 18.2 Å². The summed E-state index contributed by atoms with van der Waals surface area (Å²) < 4.78 is 23.3. The molecule has 1 heterocycles. The predicted octanol–water partition coefficient (Wildman–Crippen LogP) is 3.36. The standard InChI is InChI=1S/C10H19NO2.C9H9FO2/c1-10(2,3)13-9(12)6-8-4-5-11-7-8;1-2-12-8-5-3-4-7(6-11)9(8)10/h8,11H,4-7H2,1-3H3;3-6H,2H2,1H3/t8-;/m1./s1. The van der Waals surface area contributed by atoms with E-state index in [1.165, 1.54) is 12.1 Å². The highest BCUT2D eigenvalue weighted by Gasteiger charge is 2.22. The van der Waals surface area contributed by atoms with Gasteiger partial charge in [0, 0.05) is 6.42 Å². The number of nitrogens with one attached hydrogen (secondary N) is 1. The molecule has 1 aliphatic rings. The van der Waals surface area contributed by atoms with Crippen LogP contribution in [0.3, 0.4) is 0 Å². The van der Waals surface area contributed by atoms with Crippen molar-refractivity contribution in [3.63, 3.8) is 0 Å². The highest BCUT2D eigenvalue weighted by atomic mass is 19.1. The molecule has 1 aromatic rings. The van der Waals surface area contributed by atoms with Gasteiger partial charge < -0.3 is 14.8 Å². The molecule has 0 aromatic heterocycles. The highest BCUT2D eigenvalue weighted by molar-refractivity contribution is 5.76. The average Bonchev–Trinajstić information content (AvgIpc) is 3.01. The predicted molar refractivity (Wildman–Crippen MR) is 94.4 cm³/mol. The van der Waals surface area contributed by atoms with Crippen molar-refractivity contribution in [3.05, 3.63) is 29.6 Å². The summed E-state index contributed by atoms with van der Waals surface area (Å²) in [5, 5.41) is 3.23. The molecule has 1 aliphatic heterocycles. The van der Waals surface area contributed by atoms with E-state index in [4.69, 9.17) is 9.47 Å². The van der Waals surface area contributed by atoms with Crippen molar-refractivity contribution in [1.82, 2.24) is 5.32 Å². The van der Waals surface area contributed by atoms with Crippen LogP contribution in [0.25, 0.3) is 0 Å². The van der Waals surface area contributed by atoms with Gasteiger partial charge in [-0.2, -0.15) is 0 Å².